The van der Waals surface area contributed by atoms with Crippen molar-refractivity contribution in [1.82, 2.24) is 14.8 Å². The van der Waals surface area contributed by atoms with Crippen molar-refractivity contribution in [3.8, 4) is 0 Å². The number of anilines is 1. The van der Waals surface area contributed by atoms with Gasteiger partial charge in [-0.3, -0.25) is 19.4 Å². The molecule has 1 N–H and O–H groups in total. The molecule has 3 aromatic rings. The number of nitrogens with zero attached hydrogens (tertiary/aromatic N) is 3. The lowest BCUT2D eigenvalue weighted by Crippen LogP contribution is -2.48. The van der Waals surface area contributed by atoms with Crippen LogP contribution in [0.2, 0.25) is 0 Å². The van der Waals surface area contributed by atoms with Crippen molar-refractivity contribution in [2.24, 2.45) is 0 Å². The highest BCUT2D eigenvalue weighted by molar-refractivity contribution is 6.09. The second kappa shape index (κ2) is 8.10. The van der Waals surface area contributed by atoms with Crippen LogP contribution in [0.4, 0.5) is 5.69 Å². The monoisotopic (exact) mass is 388 g/mol. The highest BCUT2D eigenvalue weighted by Gasteiger charge is 2.22. The molecule has 1 saturated heterocycles. The SMILES string of the molecule is O=CN1CCN(C(=O)c2cccc(C(=O)Nc3cccc4cccnc34)c2)CC1. The smallest absolute Gasteiger partial charge is 0.255 e. The maximum atomic E-state index is 12.8. The second-order valence-corrected chi connectivity index (χ2v) is 6.85. The summed E-state index contributed by atoms with van der Waals surface area (Å²) in [5, 5.41) is 3.82. The first-order valence-electron chi connectivity index (χ1n) is 9.39. The van der Waals surface area contributed by atoms with Crippen LogP contribution in [0.3, 0.4) is 0 Å². The van der Waals surface area contributed by atoms with Gasteiger partial charge >= 0.3 is 0 Å². The number of para-hydroxylation sites is 1. The summed E-state index contributed by atoms with van der Waals surface area (Å²) >= 11 is 0. The van der Waals surface area contributed by atoms with Crippen LogP contribution < -0.4 is 5.32 Å². The molecule has 4 rings (SSSR count). The van der Waals surface area contributed by atoms with Crippen molar-refractivity contribution < 1.29 is 14.4 Å². The van der Waals surface area contributed by atoms with Crippen LogP contribution in [-0.4, -0.2) is 59.2 Å². The highest BCUT2D eigenvalue weighted by atomic mass is 16.2. The summed E-state index contributed by atoms with van der Waals surface area (Å²) in [5.41, 5.74) is 2.18. The number of aromatic nitrogens is 1. The third-order valence-electron chi connectivity index (χ3n) is 5.00. The molecule has 1 aliphatic rings. The molecule has 0 bridgehead atoms. The van der Waals surface area contributed by atoms with Crippen molar-refractivity contribution in [1.29, 1.82) is 0 Å². The van der Waals surface area contributed by atoms with Gasteiger partial charge in [-0.25, -0.2) is 0 Å². The Morgan fingerprint density at radius 2 is 1.66 bits per heavy atom. The van der Waals surface area contributed by atoms with Gasteiger partial charge in [0.05, 0.1) is 11.2 Å². The van der Waals surface area contributed by atoms with E-state index in [1.807, 2.05) is 24.3 Å². The van der Waals surface area contributed by atoms with E-state index in [9.17, 15) is 14.4 Å². The molecule has 7 heteroatoms. The van der Waals surface area contributed by atoms with E-state index in [2.05, 4.69) is 10.3 Å². The number of fused-ring (bicyclic) bond motifs is 1. The first-order chi connectivity index (χ1) is 14.2. The number of rotatable bonds is 4. The van der Waals surface area contributed by atoms with E-state index in [1.54, 1.807) is 46.3 Å². The number of pyridine rings is 1. The minimum atomic E-state index is -0.302. The molecule has 29 heavy (non-hydrogen) atoms. The van der Waals surface area contributed by atoms with Gasteiger partial charge in [0.1, 0.15) is 0 Å². The maximum Gasteiger partial charge on any atom is 0.255 e. The fourth-order valence-electron chi connectivity index (χ4n) is 3.41. The summed E-state index contributed by atoms with van der Waals surface area (Å²) in [6.07, 6.45) is 2.48. The molecule has 3 amide bonds. The average Bonchev–Trinajstić information content (AvgIpc) is 2.79. The van der Waals surface area contributed by atoms with Gasteiger partial charge in [-0.1, -0.05) is 24.3 Å². The third kappa shape index (κ3) is 3.94. The zero-order valence-corrected chi connectivity index (χ0v) is 15.7. The fourth-order valence-corrected chi connectivity index (χ4v) is 3.41. The van der Waals surface area contributed by atoms with Crippen LogP contribution in [0.1, 0.15) is 20.7 Å². The predicted molar refractivity (Wildman–Crippen MR) is 110 cm³/mol. The van der Waals surface area contributed by atoms with E-state index < -0.39 is 0 Å². The average molecular weight is 388 g/mol. The summed E-state index contributed by atoms with van der Waals surface area (Å²) in [6.45, 7) is 2.00. The molecule has 1 aromatic heterocycles. The van der Waals surface area contributed by atoms with Crippen molar-refractivity contribution >= 4 is 34.8 Å². The van der Waals surface area contributed by atoms with Crippen LogP contribution in [-0.2, 0) is 4.79 Å². The molecular weight excluding hydrogens is 368 g/mol. The Bertz CT molecular complexity index is 1070. The molecule has 146 valence electrons. The molecule has 0 saturated carbocycles. The number of piperazine rings is 1. The number of carbonyl (C=O) groups is 3. The molecule has 0 atom stereocenters. The van der Waals surface area contributed by atoms with E-state index in [-0.39, 0.29) is 11.8 Å². The van der Waals surface area contributed by atoms with E-state index in [1.165, 1.54) is 0 Å². The Morgan fingerprint density at radius 3 is 2.45 bits per heavy atom. The fraction of sp³-hybridized carbons (Fsp3) is 0.182. The van der Waals surface area contributed by atoms with E-state index >= 15 is 0 Å². The summed E-state index contributed by atoms with van der Waals surface area (Å²) in [4.78, 5) is 44.1. The van der Waals surface area contributed by atoms with Crippen molar-refractivity contribution in [3.05, 3.63) is 71.9 Å². The molecule has 0 spiro atoms. The Kier molecular flexibility index (Phi) is 5.20. The number of hydrogen-bond acceptors (Lipinski definition) is 4. The molecule has 1 fully saturated rings. The molecule has 0 unspecified atom stereocenters. The van der Waals surface area contributed by atoms with E-state index in [0.29, 0.717) is 48.5 Å². The van der Waals surface area contributed by atoms with Gasteiger partial charge in [-0.05, 0) is 30.3 Å². The minimum absolute atomic E-state index is 0.142. The maximum absolute atomic E-state index is 12.8. The van der Waals surface area contributed by atoms with E-state index in [4.69, 9.17) is 0 Å². The Balaban J connectivity index is 1.51. The molecule has 2 heterocycles. The van der Waals surface area contributed by atoms with Crippen molar-refractivity contribution in [2.75, 3.05) is 31.5 Å². The van der Waals surface area contributed by atoms with Gasteiger partial charge in [-0.2, -0.15) is 0 Å². The summed E-state index contributed by atoms with van der Waals surface area (Å²) in [6, 6.07) is 16.0. The standard InChI is InChI=1S/C22H20N4O3/c27-15-25-10-12-26(13-11-25)22(29)18-6-1-5-17(14-18)21(28)24-19-8-2-4-16-7-3-9-23-20(16)19/h1-9,14-15H,10-13H2,(H,24,28). The Labute approximate surface area is 167 Å². The first kappa shape index (κ1) is 18.6. The Hall–Kier alpha value is -3.74. The Morgan fingerprint density at radius 1 is 0.931 bits per heavy atom. The number of hydrogen-bond donors (Lipinski definition) is 1. The van der Waals surface area contributed by atoms with Gasteiger partial charge in [0.15, 0.2) is 0 Å². The molecular formula is C22H20N4O3. The van der Waals surface area contributed by atoms with Gasteiger partial charge in [0, 0.05) is 48.9 Å². The van der Waals surface area contributed by atoms with E-state index in [0.717, 1.165) is 11.8 Å². The van der Waals surface area contributed by atoms with Crippen LogP contribution in [0.25, 0.3) is 10.9 Å². The molecule has 2 aromatic carbocycles. The number of amides is 3. The lowest BCUT2D eigenvalue weighted by atomic mass is 10.1. The lowest BCUT2D eigenvalue weighted by molar-refractivity contribution is -0.119. The summed E-state index contributed by atoms with van der Waals surface area (Å²) in [5.74, 6) is -0.444. The van der Waals surface area contributed by atoms with Gasteiger partial charge in [0.25, 0.3) is 11.8 Å². The number of carbonyl (C=O) groups excluding carboxylic acids is 3. The van der Waals surface area contributed by atoms with Crippen molar-refractivity contribution in [3.63, 3.8) is 0 Å². The summed E-state index contributed by atoms with van der Waals surface area (Å²) < 4.78 is 0. The summed E-state index contributed by atoms with van der Waals surface area (Å²) in [7, 11) is 0. The van der Waals surface area contributed by atoms with Crippen molar-refractivity contribution in [2.45, 2.75) is 0 Å². The quantitative estimate of drug-likeness (QED) is 0.696. The normalized spacial score (nSPS) is 13.9. The minimum Gasteiger partial charge on any atom is -0.342 e. The predicted octanol–water partition coefficient (Wildman–Crippen LogP) is 2.40. The molecule has 1 aliphatic heterocycles. The molecule has 0 radical (unpaired) electrons. The first-order valence-corrected chi connectivity index (χ1v) is 9.39. The number of nitrogens with one attached hydrogen (secondary N) is 1. The van der Waals surface area contributed by atoms with Gasteiger partial charge in [0.2, 0.25) is 6.41 Å². The van der Waals surface area contributed by atoms with Gasteiger partial charge in [-0.15, -0.1) is 0 Å². The topological polar surface area (TPSA) is 82.6 Å². The zero-order valence-electron chi connectivity index (χ0n) is 15.7. The molecule has 7 nitrogen and oxygen atoms in total. The van der Waals surface area contributed by atoms with Crippen LogP contribution in [0.15, 0.2) is 60.8 Å². The van der Waals surface area contributed by atoms with Gasteiger partial charge < -0.3 is 15.1 Å². The number of benzene rings is 2. The highest BCUT2D eigenvalue weighted by Crippen LogP contribution is 2.21. The van der Waals surface area contributed by atoms with Crippen LogP contribution in [0, 0.1) is 0 Å². The molecule has 0 aliphatic carbocycles. The van der Waals surface area contributed by atoms with Crippen LogP contribution >= 0.6 is 0 Å². The zero-order chi connectivity index (χ0) is 20.2. The largest absolute Gasteiger partial charge is 0.342 e. The van der Waals surface area contributed by atoms with Crippen LogP contribution in [0.5, 0.6) is 0 Å². The third-order valence-corrected chi connectivity index (χ3v) is 5.00. The second-order valence-electron chi connectivity index (χ2n) is 6.85. The lowest BCUT2D eigenvalue weighted by Gasteiger charge is -2.32.